The van der Waals surface area contributed by atoms with E-state index in [1.165, 1.54) is 12.8 Å². The van der Waals surface area contributed by atoms with Crippen LogP contribution < -0.4 is 5.73 Å². The number of para-hydroxylation sites is 1. The van der Waals surface area contributed by atoms with E-state index in [-0.39, 0.29) is 6.10 Å². The van der Waals surface area contributed by atoms with Gasteiger partial charge in [0.2, 0.25) is 11.7 Å². The van der Waals surface area contributed by atoms with E-state index >= 15 is 0 Å². The Morgan fingerprint density at radius 2 is 2.21 bits per heavy atom. The Kier molecular flexibility index (Phi) is 3.21. The monoisotopic (exact) mass is 259 g/mol. The molecule has 0 spiro atoms. The molecule has 2 N–H and O–H groups in total. The summed E-state index contributed by atoms with van der Waals surface area (Å²) < 4.78 is 10.7. The second-order valence-electron chi connectivity index (χ2n) is 4.92. The van der Waals surface area contributed by atoms with Crippen LogP contribution in [0, 0.1) is 5.92 Å². The van der Waals surface area contributed by atoms with Crippen molar-refractivity contribution >= 4 is 5.69 Å². The molecule has 1 aromatic heterocycles. The number of rotatable bonds is 5. The standard InChI is InChI=1S/C14H17N3O2/c1-18-13(9-6-7-9)14-16-12(19-17-14)8-10-4-2-3-5-11(10)15/h2-5,9,13H,6-8,15H2,1H3. The third kappa shape index (κ3) is 2.61. The van der Waals surface area contributed by atoms with E-state index < -0.39 is 0 Å². The van der Waals surface area contributed by atoms with Crippen molar-refractivity contribution in [2.24, 2.45) is 5.92 Å². The molecule has 0 amide bonds. The normalized spacial score (nSPS) is 16.5. The molecule has 1 aliphatic rings. The number of benzene rings is 1. The molecule has 1 unspecified atom stereocenters. The minimum absolute atomic E-state index is 0.0365. The molecule has 1 atom stereocenters. The molecule has 1 saturated carbocycles. The fraction of sp³-hybridized carbons (Fsp3) is 0.429. The quantitative estimate of drug-likeness (QED) is 0.834. The average Bonchev–Trinajstić information content (AvgIpc) is 3.14. The number of hydrogen-bond acceptors (Lipinski definition) is 5. The highest BCUT2D eigenvalue weighted by atomic mass is 16.5. The molecule has 1 fully saturated rings. The summed E-state index contributed by atoms with van der Waals surface area (Å²) in [4.78, 5) is 4.42. The first-order valence-corrected chi connectivity index (χ1v) is 6.46. The van der Waals surface area contributed by atoms with E-state index in [1.807, 2.05) is 24.3 Å². The van der Waals surface area contributed by atoms with Crippen LogP contribution in [0.2, 0.25) is 0 Å². The Morgan fingerprint density at radius 1 is 1.42 bits per heavy atom. The second-order valence-corrected chi connectivity index (χ2v) is 4.92. The van der Waals surface area contributed by atoms with Gasteiger partial charge in [0, 0.05) is 12.8 Å². The smallest absolute Gasteiger partial charge is 0.231 e. The Morgan fingerprint density at radius 3 is 2.89 bits per heavy atom. The van der Waals surface area contributed by atoms with E-state index in [0.29, 0.717) is 24.1 Å². The van der Waals surface area contributed by atoms with Gasteiger partial charge >= 0.3 is 0 Å². The van der Waals surface area contributed by atoms with Gasteiger partial charge in [-0.05, 0) is 30.4 Å². The minimum Gasteiger partial charge on any atom is -0.398 e. The lowest BCUT2D eigenvalue weighted by molar-refractivity contribution is 0.0751. The van der Waals surface area contributed by atoms with Crippen molar-refractivity contribution in [3.05, 3.63) is 41.5 Å². The zero-order valence-electron chi connectivity index (χ0n) is 10.9. The molecular weight excluding hydrogens is 242 g/mol. The predicted octanol–water partition coefficient (Wildman–Crippen LogP) is 2.34. The van der Waals surface area contributed by atoms with Gasteiger partial charge in [-0.2, -0.15) is 4.98 Å². The van der Waals surface area contributed by atoms with Crippen molar-refractivity contribution in [1.82, 2.24) is 10.1 Å². The third-order valence-electron chi connectivity index (χ3n) is 3.44. The topological polar surface area (TPSA) is 74.2 Å². The zero-order chi connectivity index (χ0) is 13.2. The van der Waals surface area contributed by atoms with Gasteiger partial charge in [0.25, 0.3) is 0 Å². The van der Waals surface area contributed by atoms with Gasteiger partial charge in [-0.1, -0.05) is 23.4 Å². The number of anilines is 1. The number of aromatic nitrogens is 2. The molecule has 0 aliphatic heterocycles. The van der Waals surface area contributed by atoms with Crippen LogP contribution in [-0.2, 0) is 11.2 Å². The maximum atomic E-state index is 5.90. The second kappa shape index (κ2) is 5.01. The van der Waals surface area contributed by atoms with Crippen LogP contribution >= 0.6 is 0 Å². The number of nitrogen functional groups attached to an aromatic ring is 1. The number of nitrogens with zero attached hydrogens (tertiary/aromatic N) is 2. The molecule has 5 heteroatoms. The van der Waals surface area contributed by atoms with E-state index in [1.54, 1.807) is 7.11 Å². The summed E-state index contributed by atoms with van der Waals surface area (Å²) in [7, 11) is 1.69. The number of hydrogen-bond donors (Lipinski definition) is 1. The Bertz CT molecular complexity index is 563. The van der Waals surface area contributed by atoms with Crippen molar-refractivity contribution in [2.45, 2.75) is 25.4 Å². The van der Waals surface area contributed by atoms with E-state index in [9.17, 15) is 0 Å². The van der Waals surface area contributed by atoms with Gasteiger partial charge in [0.05, 0.1) is 6.42 Å². The van der Waals surface area contributed by atoms with Crippen molar-refractivity contribution in [3.8, 4) is 0 Å². The largest absolute Gasteiger partial charge is 0.398 e. The van der Waals surface area contributed by atoms with Gasteiger partial charge < -0.3 is 15.0 Å². The van der Waals surface area contributed by atoms with Crippen molar-refractivity contribution in [1.29, 1.82) is 0 Å². The van der Waals surface area contributed by atoms with Gasteiger partial charge in [-0.3, -0.25) is 0 Å². The summed E-state index contributed by atoms with van der Waals surface area (Å²) in [6.07, 6.45) is 2.87. The minimum atomic E-state index is -0.0365. The lowest BCUT2D eigenvalue weighted by Gasteiger charge is -2.08. The van der Waals surface area contributed by atoms with Gasteiger partial charge in [-0.15, -0.1) is 0 Å². The lowest BCUT2D eigenvalue weighted by Crippen LogP contribution is -2.06. The van der Waals surface area contributed by atoms with Crippen molar-refractivity contribution in [2.75, 3.05) is 12.8 Å². The Labute approximate surface area is 111 Å². The number of ether oxygens (including phenoxy) is 1. The fourth-order valence-corrected chi connectivity index (χ4v) is 2.22. The summed E-state index contributed by atoms with van der Waals surface area (Å²) >= 11 is 0. The van der Waals surface area contributed by atoms with Crippen LogP contribution in [0.3, 0.4) is 0 Å². The Hall–Kier alpha value is -1.88. The predicted molar refractivity (Wildman–Crippen MR) is 70.4 cm³/mol. The molecule has 19 heavy (non-hydrogen) atoms. The first-order valence-electron chi connectivity index (χ1n) is 6.46. The molecule has 1 aliphatic carbocycles. The van der Waals surface area contributed by atoms with Gasteiger partial charge in [0.1, 0.15) is 6.10 Å². The zero-order valence-corrected chi connectivity index (χ0v) is 10.9. The summed E-state index contributed by atoms with van der Waals surface area (Å²) in [5.41, 5.74) is 7.65. The van der Waals surface area contributed by atoms with Crippen LogP contribution in [0.15, 0.2) is 28.8 Å². The number of nitrogens with two attached hydrogens (primary N) is 1. The summed E-state index contributed by atoms with van der Waals surface area (Å²) in [6.45, 7) is 0. The molecule has 0 bridgehead atoms. The SMILES string of the molecule is COC(c1noc(Cc2ccccc2N)n1)C1CC1. The van der Waals surface area contributed by atoms with Crippen LogP contribution in [0.5, 0.6) is 0 Å². The van der Waals surface area contributed by atoms with Gasteiger partial charge in [-0.25, -0.2) is 0 Å². The number of methoxy groups -OCH3 is 1. The highest BCUT2D eigenvalue weighted by molar-refractivity contribution is 5.47. The fourth-order valence-electron chi connectivity index (χ4n) is 2.22. The highest BCUT2D eigenvalue weighted by Crippen LogP contribution is 2.41. The maximum absolute atomic E-state index is 5.90. The first-order chi connectivity index (χ1) is 9.28. The van der Waals surface area contributed by atoms with Gasteiger partial charge in [0.15, 0.2) is 0 Å². The molecular formula is C14H17N3O2. The maximum Gasteiger partial charge on any atom is 0.231 e. The molecule has 5 nitrogen and oxygen atoms in total. The van der Waals surface area contributed by atoms with Crippen molar-refractivity contribution in [3.63, 3.8) is 0 Å². The van der Waals surface area contributed by atoms with Crippen LogP contribution in [0.4, 0.5) is 5.69 Å². The summed E-state index contributed by atoms with van der Waals surface area (Å²) in [5, 5.41) is 4.02. The van der Waals surface area contributed by atoms with E-state index in [4.69, 9.17) is 15.0 Å². The molecule has 100 valence electrons. The third-order valence-corrected chi connectivity index (χ3v) is 3.44. The van der Waals surface area contributed by atoms with Crippen LogP contribution in [0.25, 0.3) is 0 Å². The molecule has 0 saturated heterocycles. The molecule has 1 aromatic carbocycles. The van der Waals surface area contributed by atoms with E-state index in [2.05, 4.69) is 10.1 Å². The highest BCUT2D eigenvalue weighted by Gasteiger charge is 2.35. The van der Waals surface area contributed by atoms with Crippen LogP contribution in [0.1, 0.15) is 36.2 Å². The molecule has 1 heterocycles. The lowest BCUT2D eigenvalue weighted by atomic mass is 10.1. The molecule has 2 aromatic rings. The Balaban J connectivity index is 1.76. The van der Waals surface area contributed by atoms with Crippen LogP contribution in [-0.4, -0.2) is 17.3 Å². The van der Waals surface area contributed by atoms with Crippen molar-refractivity contribution < 1.29 is 9.26 Å². The van der Waals surface area contributed by atoms with E-state index in [0.717, 1.165) is 11.3 Å². The molecule has 0 radical (unpaired) electrons. The summed E-state index contributed by atoms with van der Waals surface area (Å²) in [6, 6.07) is 7.69. The average molecular weight is 259 g/mol. The molecule has 3 rings (SSSR count). The first kappa shape index (κ1) is 12.2. The summed E-state index contributed by atoms with van der Waals surface area (Å²) in [5.74, 6) is 1.77.